The Balaban J connectivity index is 0.0000176. The molecule has 5 amide bonds. The van der Waals surface area contributed by atoms with Crippen molar-refractivity contribution >= 4 is 139 Å². The van der Waals surface area contributed by atoms with E-state index >= 15 is 0 Å². The summed E-state index contributed by atoms with van der Waals surface area (Å²) in [5.41, 5.74) is 0.381. The number of halogens is 3. The van der Waals surface area contributed by atoms with Gasteiger partial charge in [-0.15, -0.1) is 0 Å². The monoisotopic (exact) mass is 1820 g/mol. The molecule has 2 aliphatic rings. The number of Topliss-reactive ketones (excluding diaryl/α,β-unsaturated/α-hetero) is 1. The van der Waals surface area contributed by atoms with Crippen LogP contribution in [0.3, 0.4) is 0 Å². The molecule has 2 aliphatic heterocycles. The predicted molar refractivity (Wildman–Crippen MR) is 321 cm³/mol. The topological polar surface area (TPSA) is 375 Å². The number of anilines is 1. The molecule has 2 heterocycles. The second-order valence-corrected chi connectivity index (χ2v) is 22.8. The number of likely N-dealkylation sites (N-methyl/N-ethyl adjacent to an activating group) is 1. The van der Waals surface area contributed by atoms with Crippen LogP contribution in [0.1, 0.15) is 27.6 Å². The first-order valence-corrected chi connectivity index (χ1v) is 29.4. The standard InChI is InChI=1S/C49H76I3N13O17.2Gd/c1-33(66)24-58-8-10-59(11-15-62(28-38(72)73)19-18-61(14-9-58)27-37(70)71)25-34(67)53-4-6-55-48(80)42-44(50)43(46(52)47(45(42)51)57(2)36(69)32-82-3)49(81)56-7-5-54-35(68)26-60-12-16-63(29-39(74)75)20-22-65(31-41(78)79)23-21-64(17-13-60)30-40(76)77;;/h4-32H2,1-3H3,(H,53,67)(H,54,68)(H,55,80)(H,56,81)(H,70,71)(H,72,73)(H,74,75)(H,76,77)(H,78,79);;/q;2*+3. The molecule has 0 aliphatic carbocycles. The fourth-order valence-electron chi connectivity index (χ4n) is 8.83. The zero-order valence-electron chi connectivity index (χ0n) is 47.0. The minimum Gasteiger partial charge on any atom is -0.480 e. The fraction of sp³-hybridized carbons (Fsp3) is 0.653. The average molecular weight is 1810 g/mol. The van der Waals surface area contributed by atoms with Crippen molar-refractivity contribution in [1.82, 2.24) is 60.5 Å². The number of nitrogens with zero attached hydrogens (tertiary/aromatic N) is 9. The molecule has 3 rings (SSSR count). The number of amides is 5. The maximum Gasteiger partial charge on any atom is 3.00 e. The van der Waals surface area contributed by atoms with Crippen LogP contribution in [0.4, 0.5) is 5.69 Å². The van der Waals surface area contributed by atoms with Crippen molar-refractivity contribution in [3.05, 3.63) is 21.8 Å². The largest absolute Gasteiger partial charge is 3.00 e. The molecule has 2 radical (unpaired) electrons. The van der Waals surface area contributed by atoms with E-state index in [1.54, 1.807) is 29.4 Å². The maximum atomic E-state index is 14.1. The molecular formula is C49H76Gd2I3N13O17+6. The van der Waals surface area contributed by atoms with Crippen LogP contribution in [0, 0.1) is 90.6 Å². The first-order chi connectivity index (χ1) is 38.8. The van der Waals surface area contributed by atoms with Gasteiger partial charge < -0.3 is 56.4 Å². The molecule has 9 N–H and O–H groups in total. The number of benzene rings is 1. The molecule has 0 unspecified atom stereocenters. The van der Waals surface area contributed by atoms with Crippen LogP contribution in [0.5, 0.6) is 0 Å². The number of methoxy groups -OCH3 is 1. The van der Waals surface area contributed by atoms with Gasteiger partial charge in [0.25, 0.3) is 17.7 Å². The second kappa shape index (κ2) is 42.9. The van der Waals surface area contributed by atoms with Crippen LogP contribution >= 0.6 is 67.8 Å². The third-order valence-electron chi connectivity index (χ3n) is 13.0. The summed E-state index contributed by atoms with van der Waals surface area (Å²) in [6.45, 7) is 3.38. The van der Waals surface area contributed by atoms with E-state index in [0.717, 1.165) is 0 Å². The van der Waals surface area contributed by atoms with Gasteiger partial charge in [0.1, 0.15) is 12.4 Å². The van der Waals surface area contributed by atoms with E-state index in [0.29, 0.717) is 33.3 Å². The van der Waals surface area contributed by atoms with E-state index in [4.69, 9.17) is 4.74 Å². The van der Waals surface area contributed by atoms with Crippen molar-refractivity contribution < 1.29 is 163 Å². The third-order valence-corrected chi connectivity index (χ3v) is 16.2. The molecule has 84 heavy (non-hydrogen) atoms. The molecule has 35 heteroatoms. The molecule has 0 aromatic heterocycles. The van der Waals surface area contributed by atoms with Gasteiger partial charge in [-0.05, 0) is 74.7 Å². The van der Waals surface area contributed by atoms with E-state index in [1.165, 1.54) is 26.0 Å². The van der Waals surface area contributed by atoms with Gasteiger partial charge in [0.05, 0.1) is 76.3 Å². The molecule has 0 saturated carbocycles. The predicted octanol–water partition coefficient (Wildman–Crippen LogP) is -3.74. The number of carboxylic acids is 5. The number of hydrogen-bond acceptors (Lipinski definition) is 20. The molecule has 1 aromatic rings. The van der Waals surface area contributed by atoms with Gasteiger partial charge in [-0.3, -0.25) is 91.9 Å². The van der Waals surface area contributed by atoms with Crippen molar-refractivity contribution in [3.8, 4) is 0 Å². The van der Waals surface area contributed by atoms with E-state index < -0.39 is 59.4 Å². The Hall–Kier alpha value is -1.93. The minimum absolute atomic E-state index is 0. The molecule has 2 fully saturated rings. The summed E-state index contributed by atoms with van der Waals surface area (Å²) in [6, 6.07) is 0. The Morgan fingerprint density at radius 3 is 0.893 bits per heavy atom. The summed E-state index contributed by atoms with van der Waals surface area (Å²) >= 11 is 5.74. The zero-order valence-corrected chi connectivity index (χ0v) is 58.0. The summed E-state index contributed by atoms with van der Waals surface area (Å²) < 4.78 is 5.99. The van der Waals surface area contributed by atoms with Crippen LogP contribution in [0.2, 0.25) is 0 Å². The van der Waals surface area contributed by atoms with Crippen molar-refractivity contribution in [2.24, 2.45) is 0 Å². The van der Waals surface area contributed by atoms with Crippen LogP contribution in [-0.2, 0) is 47.9 Å². The Morgan fingerprint density at radius 1 is 0.417 bits per heavy atom. The SMILES string of the molecule is COCC(=O)N(C)c1c(I)c(C(=O)NCCNC(=O)CN2CCN(CC(C)=O)CCN(CC(=O)O)CCN(CC(=O)O)CC2)c(I)c(C(=O)NCCNC(=O)CN2CCN(CC(=O)O)CCN(CC(=O)O)CCN(CC(=O)O)CC2)c1I.[Gd+3].[Gd+3]. The Morgan fingerprint density at radius 2 is 0.655 bits per heavy atom. The molecule has 2 saturated heterocycles. The normalized spacial score (nSPS) is 16.5. The maximum absolute atomic E-state index is 14.1. The Kier molecular flexibility index (Phi) is 40.9. The van der Waals surface area contributed by atoms with E-state index in [2.05, 4.69) is 21.3 Å². The molecule has 0 bridgehead atoms. The quantitative estimate of drug-likeness (QED) is 0.0302. The smallest absolute Gasteiger partial charge is 0.480 e. The van der Waals surface area contributed by atoms with E-state index in [-0.39, 0.29) is 270 Å². The first kappa shape index (κ1) is 80.1. The van der Waals surface area contributed by atoms with Crippen molar-refractivity contribution in [1.29, 1.82) is 0 Å². The van der Waals surface area contributed by atoms with E-state index in [9.17, 15) is 78.3 Å². The second-order valence-electron chi connectivity index (χ2n) is 19.5. The molecule has 0 spiro atoms. The Bertz CT molecular complexity index is 2220. The molecule has 0 atom stereocenters. The molecule has 30 nitrogen and oxygen atoms in total. The van der Waals surface area contributed by atoms with Crippen molar-refractivity contribution in [3.63, 3.8) is 0 Å². The van der Waals surface area contributed by atoms with Gasteiger partial charge in [0.2, 0.25) is 11.8 Å². The van der Waals surface area contributed by atoms with Crippen LogP contribution in [-0.4, -0.2) is 334 Å². The molecule has 1 aromatic carbocycles. The van der Waals surface area contributed by atoms with Crippen molar-refractivity contribution in [2.75, 3.05) is 209 Å². The average Bonchev–Trinajstić information content (AvgIpc) is 3.13. The van der Waals surface area contributed by atoms with Gasteiger partial charge in [-0.1, -0.05) is 0 Å². The minimum atomic E-state index is -1.09. The number of nitrogens with one attached hydrogen (secondary N) is 4. The molecule has 470 valence electrons. The van der Waals surface area contributed by atoms with Gasteiger partial charge in [0, 0.05) is 149 Å². The zero-order chi connectivity index (χ0) is 61.1. The van der Waals surface area contributed by atoms with Crippen LogP contribution < -0.4 is 26.2 Å². The third kappa shape index (κ3) is 31.0. The van der Waals surface area contributed by atoms with Crippen LogP contribution in [0.15, 0.2) is 0 Å². The number of aliphatic carboxylic acids is 5. The summed E-state index contributed by atoms with van der Waals surface area (Å²) in [6.07, 6.45) is 0. The number of ether oxygens (including phenoxy) is 1. The number of carbonyl (C=O) groups is 11. The number of rotatable bonds is 27. The van der Waals surface area contributed by atoms with E-state index in [1.807, 2.05) is 77.6 Å². The van der Waals surface area contributed by atoms with Gasteiger partial charge in [0.15, 0.2) is 0 Å². The number of hydrogen-bond donors (Lipinski definition) is 9. The summed E-state index contributed by atoms with van der Waals surface area (Å²) in [5.74, 6) is -8.02. The van der Waals surface area contributed by atoms with Gasteiger partial charge in [-0.2, -0.15) is 0 Å². The first-order valence-electron chi connectivity index (χ1n) is 26.2. The van der Waals surface area contributed by atoms with Crippen LogP contribution in [0.25, 0.3) is 0 Å². The van der Waals surface area contributed by atoms with Gasteiger partial charge in [-0.25, -0.2) is 0 Å². The van der Waals surface area contributed by atoms with Crippen molar-refractivity contribution in [2.45, 2.75) is 6.92 Å². The summed E-state index contributed by atoms with van der Waals surface area (Å²) in [7, 11) is 2.82. The molecular weight excluding hydrogens is 1740 g/mol. The number of carbonyl (C=O) groups excluding carboxylic acids is 6. The Labute approximate surface area is 592 Å². The summed E-state index contributed by atoms with van der Waals surface area (Å²) in [5, 5.41) is 58.8. The number of carboxylic acid groups (broad SMARTS) is 5. The summed E-state index contributed by atoms with van der Waals surface area (Å²) in [4.78, 5) is 154. The van der Waals surface area contributed by atoms with Gasteiger partial charge >= 0.3 is 110 Å². The number of ketones is 1. The fourth-order valence-corrected chi connectivity index (χ4v) is 13.7.